The molecule has 60 heavy (non-hydrogen) atoms. The standard InChI is InChI=1S/C46H36ClN5O7S/c1-22-29-18-24(47)10-17-36(29)60-40(22)33-20-37(50(3)49-33)52-43(55)31-19-30-27(39(46(31,2)45(52)57)35-16-13-26(21-53)58-35)14-15-28-38(30)44(56)51(42(28)54)25-11-8-23(9-12-25)41-48-32-6-4-5-7-34(32)59-41/h4-14,16-18,20,28,30-31,38-39,53H,15,19,21H2,1-3H3/t28-,30+,31-,38-,39+,46+/m0/s1. The van der Waals surface area contributed by atoms with Gasteiger partial charge in [-0.1, -0.05) is 35.4 Å². The molecule has 1 N–H and O–H groups in total. The van der Waals surface area contributed by atoms with Crippen LogP contribution in [0.15, 0.2) is 105 Å². The Hall–Kier alpha value is -6.15. The molecule has 3 aromatic carbocycles. The van der Waals surface area contributed by atoms with Crippen LogP contribution in [-0.2, 0) is 32.8 Å². The van der Waals surface area contributed by atoms with Crippen molar-refractivity contribution in [2.45, 2.75) is 39.2 Å². The molecule has 1 saturated carbocycles. The highest BCUT2D eigenvalue weighted by molar-refractivity contribution is 7.22. The van der Waals surface area contributed by atoms with Gasteiger partial charge in [0.15, 0.2) is 5.58 Å². The molecule has 0 bridgehead atoms. The number of aliphatic hydroxyl groups excluding tert-OH is 1. The fourth-order valence-electron chi connectivity index (χ4n) is 10.4. The zero-order valence-electron chi connectivity index (χ0n) is 32.6. The van der Waals surface area contributed by atoms with E-state index in [1.807, 2.05) is 55.5 Å². The molecule has 14 heteroatoms. The van der Waals surface area contributed by atoms with E-state index in [4.69, 9.17) is 25.5 Å². The van der Waals surface area contributed by atoms with Gasteiger partial charge >= 0.3 is 0 Å². The molecule has 6 atom stereocenters. The molecule has 0 spiro atoms. The lowest BCUT2D eigenvalue weighted by atomic mass is 9.52. The van der Waals surface area contributed by atoms with Crippen molar-refractivity contribution >= 4 is 79.3 Å². The molecule has 0 radical (unpaired) electrons. The van der Waals surface area contributed by atoms with Gasteiger partial charge in [-0.25, -0.2) is 9.88 Å². The van der Waals surface area contributed by atoms with Gasteiger partial charge in [0.2, 0.25) is 29.5 Å². The molecular weight excluding hydrogens is 802 g/mol. The summed E-state index contributed by atoms with van der Waals surface area (Å²) in [5.74, 6) is -3.56. The minimum Gasteiger partial charge on any atom is -0.463 e. The van der Waals surface area contributed by atoms with Crippen molar-refractivity contribution < 1.29 is 33.1 Å². The Balaban J connectivity index is 0.955. The normalized spacial score (nSPS) is 25.1. The number of thiophene rings is 1. The number of carbonyl (C=O) groups is 4. The lowest BCUT2D eigenvalue weighted by Gasteiger charge is -2.48. The van der Waals surface area contributed by atoms with Crippen molar-refractivity contribution in [1.82, 2.24) is 14.8 Å². The molecule has 3 fully saturated rings. The van der Waals surface area contributed by atoms with E-state index in [0.717, 1.165) is 31.6 Å². The first kappa shape index (κ1) is 36.9. The second-order valence-electron chi connectivity index (χ2n) is 16.4. The summed E-state index contributed by atoms with van der Waals surface area (Å²) in [6.45, 7) is 3.45. The quantitative estimate of drug-likeness (QED) is 0.128. The van der Waals surface area contributed by atoms with Gasteiger partial charge in [-0.3, -0.25) is 28.8 Å². The summed E-state index contributed by atoms with van der Waals surface area (Å²) < 4.78 is 14.7. The number of aliphatic hydroxyl groups is 1. The molecule has 12 nitrogen and oxygen atoms in total. The number of oxazole rings is 1. The zero-order valence-corrected chi connectivity index (χ0v) is 34.2. The highest BCUT2D eigenvalue weighted by Gasteiger charge is 2.68. The van der Waals surface area contributed by atoms with Crippen molar-refractivity contribution in [1.29, 1.82) is 0 Å². The summed E-state index contributed by atoms with van der Waals surface area (Å²) in [5, 5.41) is 16.5. The fraction of sp³-hybridized carbons (Fsp3) is 0.261. The van der Waals surface area contributed by atoms with Gasteiger partial charge in [0.05, 0.1) is 39.7 Å². The maximum Gasteiger partial charge on any atom is 0.242 e. The molecule has 11 rings (SSSR count). The van der Waals surface area contributed by atoms with Crippen LogP contribution in [0.1, 0.15) is 42.8 Å². The number of furan rings is 1. The van der Waals surface area contributed by atoms with Crippen LogP contribution in [-0.4, -0.2) is 43.5 Å². The Labute approximate surface area is 351 Å². The topological polar surface area (TPSA) is 152 Å². The predicted octanol–water partition coefficient (Wildman–Crippen LogP) is 8.59. The number of anilines is 2. The summed E-state index contributed by atoms with van der Waals surface area (Å²) >= 11 is 7.89. The van der Waals surface area contributed by atoms with E-state index in [9.17, 15) is 19.5 Å². The smallest absolute Gasteiger partial charge is 0.242 e. The second-order valence-corrected chi connectivity index (χ2v) is 17.9. The summed E-state index contributed by atoms with van der Waals surface area (Å²) in [5.41, 5.74) is 3.59. The lowest BCUT2D eigenvalue weighted by Crippen LogP contribution is -2.48. The van der Waals surface area contributed by atoms with Gasteiger partial charge in [-0.2, -0.15) is 5.10 Å². The van der Waals surface area contributed by atoms with Gasteiger partial charge in [-0.05, 0) is 110 Å². The van der Waals surface area contributed by atoms with Crippen LogP contribution in [0.3, 0.4) is 0 Å². The van der Waals surface area contributed by atoms with E-state index in [2.05, 4.69) is 4.98 Å². The number of nitrogens with zero attached hydrogens (tertiary/aromatic N) is 5. The van der Waals surface area contributed by atoms with Gasteiger partial charge in [-0.15, -0.1) is 11.3 Å². The predicted molar refractivity (Wildman–Crippen MR) is 225 cm³/mol. The third-order valence-corrected chi connectivity index (χ3v) is 14.8. The number of allylic oxidation sites excluding steroid dienone is 2. The van der Waals surface area contributed by atoms with E-state index >= 15 is 4.79 Å². The molecule has 0 unspecified atom stereocenters. The fourth-order valence-corrected chi connectivity index (χ4v) is 11.7. The summed E-state index contributed by atoms with van der Waals surface area (Å²) in [6.07, 6.45) is 2.43. The lowest BCUT2D eigenvalue weighted by molar-refractivity contribution is -0.131. The Morgan fingerprint density at radius 1 is 0.917 bits per heavy atom. The Morgan fingerprint density at radius 2 is 1.72 bits per heavy atom. The van der Waals surface area contributed by atoms with Gasteiger partial charge in [0, 0.05) is 28.4 Å². The van der Waals surface area contributed by atoms with Crippen LogP contribution in [0.4, 0.5) is 11.5 Å². The Morgan fingerprint density at radius 3 is 2.48 bits per heavy atom. The van der Waals surface area contributed by atoms with E-state index in [1.54, 1.807) is 72.5 Å². The molecule has 2 aliphatic heterocycles. The number of benzene rings is 3. The summed E-state index contributed by atoms with van der Waals surface area (Å²) in [6, 6.07) is 25.4. The largest absolute Gasteiger partial charge is 0.463 e. The van der Waals surface area contributed by atoms with Crippen molar-refractivity contribution in [3.05, 3.63) is 119 Å². The van der Waals surface area contributed by atoms with E-state index < -0.39 is 46.8 Å². The molecule has 300 valence electrons. The number of rotatable bonds is 6. The van der Waals surface area contributed by atoms with Crippen LogP contribution < -0.4 is 9.80 Å². The first-order valence-corrected chi connectivity index (χ1v) is 21.0. The van der Waals surface area contributed by atoms with Crippen LogP contribution in [0.2, 0.25) is 5.02 Å². The number of hydrogen-bond acceptors (Lipinski definition) is 10. The monoisotopic (exact) mass is 837 g/mol. The number of amides is 4. The SMILES string of the molecule is Cc1c(-c2cc(N3C(=O)[C@@H]4C[C@@H]5C(=CC[C@@H]6C(=O)N(c7ccc(-c8nc9ccccc9o8)cc7)C(=O)[C@@H]65)[C@H](c5ccc(CO)o5)[C@]4(C)C3=O)n(C)n2)sc2ccc(Cl)cc12. The van der Waals surface area contributed by atoms with Crippen molar-refractivity contribution in [2.24, 2.45) is 36.1 Å². The molecule has 2 saturated heterocycles. The van der Waals surface area contributed by atoms with Gasteiger partial charge in [0.1, 0.15) is 35.2 Å². The average molecular weight is 838 g/mol. The molecule has 6 heterocycles. The number of fused-ring (bicyclic) bond motifs is 6. The minimum atomic E-state index is -1.32. The molecule has 4 amide bonds. The van der Waals surface area contributed by atoms with Gasteiger partial charge in [0.25, 0.3) is 0 Å². The number of aromatic nitrogens is 3. The molecule has 4 aromatic heterocycles. The third-order valence-electron chi connectivity index (χ3n) is 13.3. The highest BCUT2D eigenvalue weighted by atomic mass is 35.5. The maximum atomic E-state index is 15.1. The van der Waals surface area contributed by atoms with Crippen molar-refractivity contribution in [3.63, 3.8) is 0 Å². The Bertz CT molecular complexity index is 3000. The minimum absolute atomic E-state index is 0.180. The molecule has 7 aromatic rings. The zero-order chi connectivity index (χ0) is 41.4. The number of aryl methyl sites for hydroxylation is 2. The van der Waals surface area contributed by atoms with Gasteiger partial charge < -0.3 is 13.9 Å². The average Bonchev–Trinajstić information content (AvgIpc) is 4.10. The summed E-state index contributed by atoms with van der Waals surface area (Å²) in [7, 11) is 1.71. The van der Waals surface area contributed by atoms with Crippen LogP contribution >= 0.6 is 22.9 Å². The third kappa shape index (κ3) is 5.12. The first-order chi connectivity index (χ1) is 29.0. The van der Waals surface area contributed by atoms with Crippen molar-refractivity contribution in [3.8, 4) is 22.0 Å². The number of para-hydroxylation sites is 2. The Kier molecular flexibility index (Phi) is 8.10. The number of halogens is 1. The maximum absolute atomic E-state index is 15.1. The van der Waals surface area contributed by atoms with E-state index in [-0.39, 0.29) is 31.3 Å². The van der Waals surface area contributed by atoms with Crippen LogP contribution in [0.5, 0.6) is 0 Å². The summed E-state index contributed by atoms with van der Waals surface area (Å²) in [4.78, 5) is 66.9. The van der Waals surface area contributed by atoms with Crippen LogP contribution in [0.25, 0.3) is 43.2 Å². The van der Waals surface area contributed by atoms with Crippen LogP contribution in [0, 0.1) is 36.0 Å². The number of carbonyl (C=O) groups excluding carboxylic acids is 4. The number of imide groups is 2. The molecule has 2 aliphatic carbocycles. The molecular formula is C46H36ClN5O7S. The number of hydrogen-bond donors (Lipinski definition) is 1. The van der Waals surface area contributed by atoms with Crippen molar-refractivity contribution in [2.75, 3.05) is 9.80 Å². The first-order valence-electron chi connectivity index (χ1n) is 19.8. The van der Waals surface area contributed by atoms with E-state index in [1.165, 1.54) is 9.80 Å². The highest BCUT2D eigenvalue weighted by Crippen LogP contribution is 2.64. The second kappa shape index (κ2) is 13.2. The molecule has 4 aliphatic rings. The van der Waals surface area contributed by atoms with E-state index in [0.29, 0.717) is 50.8 Å².